The number of fused-ring (bicyclic) bond motifs is 3. The quantitative estimate of drug-likeness (QED) is 0.698. The number of nitrogens with two attached hydrogens (primary N) is 1. The van der Waals surface area contributed by atoms with Crippen molar-refractivity contribution in [2.45, 2.75) is 32.7 Å². The number of carbonyl (C=O) groups excluding carboxylic acids is 2. The fourth-order valence-corrected chi connectivity index (χ4v) is 3.75. The lowest BCUT2D eigenvalue weighted by molar-refractivity contribution is -0.135. The summed E-state index contributed by atoms with van der Waals surface area (Å²) in [5.74, 6) is -0.0925. The second kappa shape index (κ2) is 7.06. The van der Waals surface area contributed by atoms with Crippen LogP contribution in [0.15, 0.2) is 29.1 Å². The van der Waals surface area contributed by atoms with Crippen LogP contribution in [0.25, 0.3) is 16.6 Å². The molecule has 0 radical (unpaired) electrons. The SMILES string of the molecule is CCc1nc2ccccc2c2nn(CC(=O)N3CCC(C(N)=O)CC3)c(=O)n12. The van der Waals surface area contributed by atoms with Gasteiger partial charge in [-0.2, -0.15) is 0 Å². The van der Waals surface area contributed by atoms with E-state index in [4.69, 9.17) is 5.73 Å². The van der Waals surface area contributed by atoms with E-state index in [1.165, 1.54) is 9.08 Å². The van der Waals surface area contributed by atoms with Gasteiger partial charge in [0.2, 0.25) is 11.8 Å². The number of likely N-dealkylation sites (tertiary alicyclic amines) is 1. The minimum absolute atomic E-state index is 0.140. The van der Waals surface area contributed by atoms with Gasteiger partial charge in [-0.05, 0) is 25.0 Å². The molecule has 0 unspecified atom stereocenters. The summed E-state index contributed by atoms with van der Waals surface area (Å²) < 4.78 is 2.68. The van der Waals surface area contributed by atoms with Crippen LogP contribution in [-0.4, -0.2) is 49.0 Å². The third-order valence-corrected chi connectivity index (χ3v) is 5.34. The molecule has 146 valence electrons. The molecule has 0 aliphatic carbocycles. The summed E-state index contributed by atoms with van der Waals surface area (Å²) in [7, 11) is 0. The van der Waals surface area contributed by atoms with E-state index >= 15 is 0 Å². The zero-order valence-corrected chi connectivity index (χ0v) is 15.7. The van der Waals surface area contributed by atoms with Crippen molar-refractivity contribution < 1.29 is 9.59 Å². The zero-order chi connectivity index (χ0) is 19.8. The van der Waals surface area contributed by atoms with Gasteiger partial charge < -0.3 is 10.6 Å². The first-order valence-corrected chi connectivity index (χ1v) is 9.44. The highest BCUT2D eigenvalue weighted by atomic mass is 16.2. The lowest BCUT2D eigenvalue weighted by Gasteiger charge is -2.30. The molecule has 2 aromatic heterocycles. The number of aromatic nitrogens is 4. The lowest BCUT2D eigenvalue weighted by atomic mass is 9.96. The molecule has 3 aromatic rings. The van der Waals surface area contributed by atoms with Gasteiger partial charge in [0.25, 0.3) is 0 Å². The maximum absolute atomic E-state index is 12.9. The molecule has 1 saturated heterocycles. The predicted octanol–water partition coefficient (Wildman–Crippen LogP) is 0.331. The first-order chi connectivity index (χ1) is 13.5. The van der Waals surface area contributed by atoms with E-state index in [1.807, 2.05) is 31.2 Å². The Morgan fingerprint density at radius 3 is 2.61 bits per heavy atom. The van der Waals surface area contributed by atoms with Gasteiger partial charge in [-0.1, -0.05) is 19.1 Å². The Kier molecular flexibility index (Phi) is 4.58. The number of para-hydroxylation sites is 1. The van der Waals surface area contributed by atoms with Gasteiger partial charge >= 0.3 is 5.69 Å². The molecule has 9 heteroatoms. The van der Waals surface area contributed by atoms with E-state index in [0.29, 0.717) is 43.8 Å². The first-order valence-electron chi connectivity index (χ1n) is 9.44. The highest BCUT2D eigenvalue weighted by Crippen LogP contribution is 2.18. The van der Waals surface area contributed by atoms with Gasteiger partial charge in [-0.25, -0.2) is 18.9 Å². The number of piperidine rings is 1. The van der Waals surface area contributed by atoms with Gasteiger partial charge in [0.15, 0.2) is 5.65 Å². The van der Waals surface area contributed by atoms with Crippen LogP contribution in [-0.2, 0) is 22.6 Å². The van der Waals surface area contributed by atoms with Crippen LogP contribution in [0, 0.1) is 5.92 Å². The Morgan fingerprint density at radius 1 is 1.21 bits per heavy atom. The molecule has 4 rings (SSSR count). The molecule has 2 N–H and O–H groups in total. The van der Waals surface area contributed by atoms with Gasteiger partial charge in [0, 0.05) is 30.8 Å². The van der Waals surface area contributed by atoms with E-state index in [9.17, 15) is 14.4 Å². The summed E-state index contributed by atoms with van der Waals surface area (Å²) >= 11 is 0. The summed E-state index contributed by atoms with van der Waals surface area (Å²) in [5.41, 5.74) is 6.25. The molecular formula is C19H22N6O3. The van der Waals surface area contributed by atoms with Crippen LogP contribution in [0.2, 0.25) is 0 Å². The van der Waals surface area contributed by atoms with Crippen molar-refractivity contribution in [1.29, 1.82) is 0 Å². The van der Waals surface area contributed by atoms with Crippen molar-refractivity contribution >= 4 is 28.4 Å². The number of hydrogen-bond donors (Lipinski definition) is 1. The number of benzene rings is 1. The predicted molar refractivity (Wildman–Crippen MR) is 103 cm³/mol. The average Bonchev–Trinajstić information content (AvgIpc) is 3.04. The van der Waals surface area contributed by atoms with E-state index in [0.717, 1.165) is 10.9 Å². The van der Waals surface area contributed by atoms with E-state index in [-0.39, 0.29) is 30.0 Å². The molecule has 1 fully saturated rings. The lowest BCUT2D eigenvalue weighted by Crippen LogP contribution is -2.44. The van der Waals surface area contributed by atoms with Crippen molar-refractivity contribution in [2.75, 3.05) is 13.1 Å². The normalized spacial score (nSPS) is 15.4. The van der Waals surface area contributed by atoms with Crippen LogP contribution < -0.4 is 11.4 Å². The molecule has 2 amide bonds. The number of rotatable bonds is 4. The smallest absolute Gasteiger partial charge is 0.352 e. The minimum Gasteiger partial charge on any atom is -0.369 e. The highest BCUT2D eigenvalue weighted by molar-refractivity contribution is 5.91. The molecular weight excluding hydrogens is 360 g/mol. The Balaban J connectivity index is 1.65. The van der Waals surface area contributed by atoms with E-state index in [2.05, 4.69) is 10.1 Å². The zero-order valence-electron chi connectivity index (χ0n) is 15.7. The van der Waals surface area contributed by atoms with Crippen LogP contribution >= 0.6 is 0 Å². The van der Waals surface area contributed by atoms with Gasteiger partial charge in [-0.3, -0.25) is 9.59 Å². The van der Waals surface area contributed by atoms with Crippen LogP contribution in [0.3, 0.4) is 0 Å². The van der Waals surface area contributed by atoms with E-state index in [1.54, 1.807) is 4.90 Å². The third kappa shape index (κ3) is 3.02. The fraction of sp³-hybridized carbons (Fsp3) is 0.421. The second-order valence-corrected chi connectivity index (χ2v) is 7.06. The Morgan fingerprint density at radius 2 is 1.93 bits per heavy atom. The summed E-state index contributed by atoms with van der Waals surface area (Å²) in [6, 6.07) is 7.50. The van der Waals surface area contributed by atoms with Crippen molar-refractivity contribution in [3.8, 4) is 0 Å². The average molecular weight is 382 g/mol. The molecule has 0 spiro atoms. The second-order valence-electron chi connectivity index (χ2n) is 7.06. The third-order valence-electron chi connectivity index (χ3n) is 5.34. The van der Waals surface area contributed by atoms with Gasteiger partial charge in [0.1, 0.15) is 12.4 Å². The molecule has 28 heavy (non-hydrogen) atoms. The molecule has 0 saturated carbocycles. The van der Waals surface area contributed by atoms with Crippen LogP contribution in [0.1, 0.15) is 25.6 Å². The van der Waals surface area contributed by atoms with Crippen molar-refractivity contribution in [1.82, 2.24) is 24.1 Å². The largest absolute Gasteiger partial charge is 0.369 e. The Hall–Kier alpha value is -3.23. The molecule has 1 aromatic carbocycles. The maximum Gasteiger partial charge on any atom is 0.352 e. The van der Waals surface area contributed by atoms with Crippen LogP contribution in [0.5, 0.6) is 0 Å². The van der Waals surface area contributed by atoms with Crippen molar-refractivity contribution in [3.05, 3.63) is 40.6 Å². The summed E-state index contributed by atoms with van der Waals surface area (Å²) in [6.07, 6.45) is 1.67. The number of amides is 2. The highest BCUT2D eigenvalue weighted by Gasteiger charge is 2.27. The van der Waals surface area contributed by atoms with Crippen molar-refractivity contribution in [2.24, 2.45) is 11.7 Å². The Labute approximate surface area is 160 Å². The molecule has 1 aliphatic heterocycles. The monoisotopic (exact) mass is 382 g/mol. The number of aryl methyl sites for hydroxylation is 1. The topological polar surface area (TPSA) is 116 Å². The standard InChI is InChI=1S/C19H22N6O3/c1-2-15-21-14-6-4-3-5-13(14)18-22-24(19(28)25(15)18)11-16(26)23-9-7-12(8-10-23)17(20)27/h3-6,12H,2,7-11H2,1H3,(H2,20,27). The first kappa shape index (κ1) is 18.1. The summed E-state index contributed by atoms with van der Waals surface area (Å²) in [6.45, 7) is 2.70. The summed E-state index contributed by atoms with van der Waals surface area (Å²) in [4.78, 5) is 43.1. The maximum atomic E-state index is 12.9. The van der Waals surface area contributed by atoms with Gasteiger partial charge in [-0.15, -0.1) is 5.10 Å². The number of nitrogens with zero attached hydrogens (tertiary/aromatic N) is 5. The number of hydrogen-bond acceptors (Lipinski definition) is 5. The fourth-order valence-electron chi connectivity index (χ4n) is 3.75. The minimum atomic E-state index is -0.370. The molecule has 1 aliphatic rings. The van der Waals surface area contributed by atoms with Crippen molar-refractivity contribution in [3.63, 3.8) is 0 Å². The Bertz CT molecular complexity index is 1120. The molecule has 3 heterocycles. The van der Waals surface area contributed by atoms with Crippen LogP contribution in [0.4, 0.5) is 0 Å². The number of primary amides is 1. The van der Waals surface area contributed by atoms with E-state index < -0.39 is 0 Å². The molecule has 0 atom stereocenters. The number of carbonyl (C=O) groups is 2. The summed E-state index contributed by atoms with van der Waals surface area (Å²) in [5, 5.41) is 5.20. The molecule has 0 bridgehead atoms. The molecule has 9 nitrogen and oxygen atoms in total. The van der Waals surface area contributed by atoms with Gasteiger partial charge in [0.05, 0.1) is 5.52 Å².